The van der Waals surface area contributed by atoms with Crippen LogP contribution in [-0.2, 0) is 11.3 Å². The Bertz CT molecular complexity index is 391. The number of carbonyl (C=O) groups is 1. The maximum absolute atomic E-state index is 11.1. The molecule has 0 fully saturated rings. The molecule has 0 spiro atoms. The molecule has 0 unspecified atom stereocenters. The van der Waals surface area contributed by atoms with Crippen molar-refractivity contribution in [1.29, 1.82) is 0 Å². The first-order valence-corrected chi connectivity index (χ1v) is 5.21. The number of aromatic nitrogens is 1. The van der Waals surface area contributed by atoms with Gasteiger partial charge in [-0.2, -0.15) is 0 Å². The fourth-order valence-corrected chi connectivity index (χ4v) is 0.883. The number of pyridine rings is 1. The van der Waals surface area contributed by atoms with E-state index < -0.39 is 5.97 Å². The molecule has 0 atom stereocenters. The molecule has 0 amide bonds. The minimum atomic E-state index is -1.01. The largest absolute Gasteiger partial charge is 0.480 e. The molecule has 0 aliphatic rings. The number of hydrogen-bond donors (Lipinski definition) is 1. The molecule has 0 aliphatic carbocycles. The molecule has 1 N–H and O–H groups in total. The standard InChI is InChI=1S/C8H9NO3.C4H10/c1-6-2-3-9(5-8(11)12)7(10)4-6;1-4(2)3/h2-4H,5H2,1H3,(H,11,12);4H,1-3H3. The maximum Gasteiger partial charge on any atom is 0.323 e. The Labute approximate surface area is 95.5 Å². The molecule has 1 aromatic heterocycles. The number of rotatable bonds is 2. The summed E-state index contributed by atoms with van der Waals surface area (Å²) in [4.78, 5) is 21.3. The van der Waals surface area contributed by atoms with Gasteiger partial charge >= 0.3 is 5.97 Å². The molecule has 0 saturated heterocycles. The molecule has 0 aliphatic heterocycles. The van der Waals surface area contributed by atoms with Crippen LogP contribution < -0.4 is 5.56 Å². The zero-order valence-corrected chi connectivity index (χ0v) is 10.2. The first kappa shape index (κ1) is 14.4. The van der Waals surface area contributed by atoms with E-state index in [2.05, 4.69) is 20.8 Å². The van der Waals surface area contributed by atoms with Gasteiger partial charge in [-0.05, 0) is 24.5 Å². The van der Waals surface area contributed by atoms with Crippen LogP contribution in [0.25, 0.3) is 0 Å². The van der Waals surface area contributed by atoms with Crippen LogP contribution in [0.15, 0.2) is 23.1 Å². The van der Waals surface area contributed by atoms with Crippen molar-refractivity contribution in [2.75, 3.05) is 0 Å². The first-order valence-electron chi connectivity index (χ1n) is 5.21. The van der Waals surface area contributed by atoms with Crippen LogP contribution in [0.4, 0.5) is 0 Å². The molecular formula is C12H19NO3. The van der Waals surface area contributed by atoms with Gasteiger partial charge in [0, 0.05) is 12.3 Å². The first-order chi connectivity index (χ1) is 7.32. The molecule has 0 bridgehead atoms. The van der Waals surface area contributed by atoms with Crippen LogP contribution in [0.5, 0.6) is 0 Å². The Kier molecular flexibility index (Phi) is 6.15. The van der Waals surface area contributed by atoms with Crippen molar-refractivity contribution in [2.45, 2.75) is 34.2 Å². The van der Waals surface area contributed by atoms with Gasteiger partial charge in [-0.25, -0.2) is 0 Å². The second kappa shape index (κ2) is 6.82. The van der Waals surface area contributed by atoms with Gasteiger partial charge in [-0.1, -0.05) is 20.8 Å². The topological polar surface area (TPSA) is 59.3 Å². The Balaban J connectivity index is 0.000000487. The molecule has 1 rings (SSSR count). The van der Waals surface area contributed by atoms with Crippen molar-refractivity contribution in [3.8, 4) is 0 Å². The molecule has 1 aromatic rings. The monoisotopic (exact) mass is 225 g/mol. The quantitative estimate of drug-likeness (QED) is 0.836. The minimum absolute atomic E-state index is 0.279. The Morgan fingerprint density at radius 1 is 1.44 bits per heavy atom. The van der Waals surface area contributed by atoms with Crippen molar-refractivity contribution in [1.82, 2.24) is 4.57 Å². The Morgan fingerprint density at radius 3 is 2.31 bits per heavy atom. The summed E-state index contributed by atoms with van der Waals surface area (Å²) >= 11 is 0. The van der Waals surface area contributed by atoms with Gasteiger partial charge in [0.05, 0.1) is 0 Å². The Hall–Kier alpha value is -1.58. The van der Waals surface area contributed by atoms with Crippen LogP contribution in [0.3, 0.4) is 0 Å². The maximum atomic E-state index is 11.1. The lowest BCUT2D eigenvalue weighted by Gasteiger charge is -2.00. The van der Waals surface area contributed by atoms with Gasteiger partial charge in [-0.3, -0.25) is 9.59 Å². The van der Waals surface area contributed by atoms with Gasteiger partial charge < -0.3 is 9.67 Å². The molecule has 4 nitrogen and oxygen atoms in total. The van der Waals surface area contributed by atoms with Gasteiger partial charge in [-0.15, -0.1) is 0 Å². The number of aryl methyl sites for hydroxylation is 1. The Morgan fingerprint density at radius 2 is 1.94 bits per heavy atom. The zero-order valence-electron chi connectivity index (χ0n) is 10.2. The third kappa shape index (κ3) is 6.81. The predicted molar refractivity (Wildman–Crippen MR) is 63.6 cm³/mol. The molecular weight excluding hydrogens is 206 g/mol. The summed E-state index contributed by atoms with van der Waals surface area (Å²) in [7, 11) is 0. The molecule has 0 radical (unpaired) electrons. The number of aliphatic carboxylic acids is 1. The van der Waals surface area contributed by atoms with Gasteiger partial charge in [0.2, 0.25) is 0 Å². The summed E-state index contributed by atoms with van der Waals surface area (Å²) in [5.74, 6) is -0.180. The van der Waals surface area contributed by atoms with Crippen LogP contribution in [0.1, 0.15) is 26.3 Å². The van der Waals surface area contributed by atoms with E-state index in [0.29, 0.717) is 0 Å². The average molecular weight is 225 g/mol. The van der Waals surface area contributed by atoms with E-state index in [1.165, 1.54) is 12.3 Å². The fourth-order valence-electron chi connectivity index (χ4n) is 0.883. The van der Waals surface area contributed by atoms with E-state index in [-0.39, 0.29) is 12.1 Å². The average Bonchev–Trinajstić information content (AvgIpc) is 2.08. The molecule has 0 aromatic carbocycles. The van der Waals surface area contributed by atoms with Crippen molar-refractivity contribution >= 4 is 5.97 Å². The van der Waals surface area contributed by atoms with Crippen molar-refractivity contribution in [2.24, 2.45) is 5.92 Å². The van der Waals surface area contributed by atoms with Gasteiger partial charge in [0.25, 0.3) is 5.56 Å². The van der Waals surface area contributed by atoms with Crippen LogP contribution in [0, 0.1) is 12.8 Å². The molecule has 90 valence electrons. The highest BCUT2D eigenvalue weighted by Crippen LogP contribution is 1.90. The highest BCUT2D eigenvalue weighted by atomic mass is 16.4. The predicted octanol–water partition coefficient (Wildman–Crippen LogP) is 1.90. The molecule has 16 heavy (non-hydrogen) atoms. The van der Waals surface area contributed by atoms with Crippen LogP contribution in [0.2, 0.25) is 0 Å². The molecule has 1 heterocycles. The van der Waals surface area contributed by atoms with Gasteiger partial charge in [0.15, 0.2) is 0 Å². The lowest BCUT2D eigenvalue weighted by Crippen LogP contribution is -2.22. The third-order valence-electron chi connectivity index (χ3n) is 1.46. The second-order valence-electron chi connectivity index (χ2n) is 4.30. The SMILES string of the molecule is CC(C)C.Cc1ccn(CC(=O)O)c(=O)c1. The summed E-state index contributed by atoms with van der Waals surface area (Å²) in [6.45, 7) is 8.01. The molecule has 4 heteroatoms. The number of hydrogen-bond acceptors (Lipinski definition) is 2. The zero-order chi connectivity index (χ0) is 12.7. The lowest BCUT2D eigenvalue weighted by molar-refractivity contribution is -0.137. The third-order valence-corrected chi connectivity index (χ3v) is 1.46. The minimum Gasteiger partial charge on any atom is -0.480 e. The molecule has 0 saturated carbocycles. The summed E-state index contributed by atoms with van der Waals surface area (Å²) in [6, 6.07) is 3.10. The van der Waals surface area contributed by atoms with E-state index in [4.69, 9.17) is 5.11 Å². The fraction of sp³-hybridized carbons (Fsp3) is 0.500. The second-order valence-corrected chi connectivity index (χ2v) is 4.30. The number of carboxylic acids is 1. The van der Waals surface area contributed by atoms with Crippen molar-refractivity contribution in [3.63, 3.8) is 0 Å². The normalized spacial score (nSPS) is 9.56. The van der Waals surface area contributed by atoms with Gasteiger partial charge in [0.1, 0.15) is 6.54 Å². The van der Waals surface area contributed by atoms with Crippen molar-refractivity contribution in [3.05, 3.63) is 34.2 Å². The van der Waals surface area contributed by atoms with E-state index in [1.807, 2.05) is 0 Å². The highest BCUT2D eigenvalue weighted by molar-refractivity contribution is 5.66. The summed E-state index contributed by atoms with van der Waals surface area (Å²) in [5, 5.41) is 8.40. The summed E-state index contributed by atoms with van der Waals surface area (Å²) < 4.78 is 1.15. The summed E-state index contributed by atoms with van der Waals surface area (Å²) in [6.07, 6.45) is 1.48. The lowest BCUT2D eigenvalue weighted by atomic mass is 10.3. The van der Waals surface area contributed by atoms with Crippen LogP contribution in [-0.4, -0.2) is 15.6 Å². The summed E-state index contributed by atoms with van der Waals surface area (Å²) in [5.41, 5.74) is 0.555. The van der Waals surface area contributed by atoms with Crippen molar-refractivity contribution < 1.29 is 9.90 Å². The van der Waals surface area contributed by atoms with E-state index in [9.17, 15) is 9.59 Å². The smallest absolute Gasteiger partial charge is 0.323 e. The van der Waals surface area contributed by atoms with E-state index in [1.54, 1.807) is 13.0 Å². The van der Waals surface area contributed by atoms with Crippen LogP contribution >= 0.6 is 0 Å². The number of carboxylic acid groups (broad SMARTS) is 1. The van der Waals surface area contributed by atoms with E-state index in [0.717, 1.165) is 16.0 Å². The van der Waals surface area contributed by atoms with E-state index >= 15 is 0 Å². The highest BCUT2D eigenvalue weighted by Gasteiger charge is 2.00. The number of nitrogens with zero attached hydrogens (tertiary/aromatic N) is 1.